The molecule has 0 spiro atoms. The van der Waals surface area contributed by atoms with Gasteiger partial charge in [0.25, 0.3) is 0 Å². The van der Waals surface area contributed by atoms with Gasteiger partial charge in [0.15, 0.2) is 0 Å². The van der Waals surface area contributed by atoms with Crippen LogP contribution in [-0.2, 0) is 6.54 Å². The molecule has 1 aromatic heterocycles. The van der Waals surface area contributed by atoms with Crippen LogP contribution in [0.1, 0.15) is 16.9 Å². The molecule has 5 heteroatoms. The summed E-state index contributed by atoms with van der Waals surface area (Å²) in [5, 5.41) is 12.6. The molecule has 0 aromatic carbocycles. The van der Waals surface area contributed by atoms with Gasteiger partial charge in [-0.2, -0.15) is 11.8 Å². The Morgan fingerprint density at radius 3 is 2.88 bits per heavy atom. The van der Waals surface area contributed by atoms with Gasteiger partial charge in [-0.15, -0.1) is 11.3 Å². The monoisotopic (exact) mass is 323 g/mol. The van der Waals surface area contributed by atoms with Gasteiger partial charge in [0, 0.05) is 17.5 Å². The van der Waals surface area contributed by atoms with Gasteiger partial charge in [0.2, 0.25) is 0 Å². The van der Waals surface area contributed by atoms with Gasteiger partial charge >= 0.3 is 0 Å². The molecule has 2 N–H and O–H groups in total. The fourth-order valence-electron chi connectivity index (χ4n) is 1.37. The van der Waals surface area contributed by atoms with Crippen molar-refractivity contribution in [3.8, 4) is 0 Å². The maximum atomic E-state index is 9.21. The van der Waals surface area contributed by atoms with E-state index in [-0.39, 0.29) is 12.6 Å². The lowest BCUT2D eigenvalue weighted by Gasteiger charge is -2.14. The summed E-state index contributed by atoms with van der Waals surface area (Å²) in [6.07, 6.45) is 3.11. The maximum Gasteiger partial charge on any atom is 0.0730 e. The molecular formula is C11H18BrNOS2. The molecule has 1 heterocycles. The van der Waals surface area contributed by atoms with Crippen LogP contribution in [0, 0.1) is 6.92 Å². The van der Waals surface area contributed by atoms with Crippen LogP contribution in [0.25, 0.3) is 0 Å². The number of thioether (sulfide) groups is 1. The van der Waals surface area contributed by atoms with Crippen LogP contribution in [0.3, 0.4) is 0 Å². The number of rotatable bonds is 7. The van der Waals surface area contributed by atoms with Crippen molar-refractivity contribution in [2.45, 2.75) is 25.9 Å². The quantitative estimate of drug-likeness (QED) is 0.809. The standard InChI is InChI=1S/C11H18BrNOS2/c1-8-5-10(16-11(8)12)6-13-9(7-14)3-4-15-2/h5,9,13-14H,3-4,6-7H2,1-2H3. The molecule has 16 heavy (non-hydrogen) atoms. The highest BCUT2D eigenvalue weighted by atomic mass is 79.9. The Morgan fingerprint density at radius 2 is 2.38 bits per heavy atom. The smallest absolute Gasteiger partial charge is 0.0730 e. The zero-order chi connectivity index (χ0) is 12.0. The van der Waals surface area contributed by atoms with E-state index >= 15 is 0 Å². The lowest BCUT2D eigenvalue weighted by molar-refractivity contribution is 0.239. The average Bonchev–Trinajstić information content (AvgIpc) is 2.59. The Balaban J connectivity index is 2.37. The van der Waals surface area contributed by atoms with E-state index in [0.717, 1.165) is 18.7 Å². The lowest BCUT2D eigenvalue weighted by Crippen LogP contribution is -2.32. The molecule has 1 rings (SSSR count). The molecule has 1 aromatic rings. The number of aryl methyl sites for hydroxylation is 1. The van der Waals surface area contributed by atoms with Gasteiger partial charge in [-0.1, -0.05) is 0 Å². The predicted octanol–water partition coefficient (Wildman–Crippen LogP) is 3.02. The Hall–Kier alpha value is 0.450. The highest BCUT2D eigenvalue weighted by molar-refractivity contribution is 9.11. The summed E-state index contributed by atoms with van der Waals surface area (Å²) in [5.74, 6) is 1.09. The number of aliphatic hydroxyl groups is 1. The number of thiophene rings is 1. The van der Waals surface area contributed by atoms with E-state index in [9.17, 15) is 5.11 Å². The highest BCUT2D eigenvalue weighted by Crippen LogP contribution is 2.27. The number of halogens is 1. The summed E-state index contributed by atoms with van der Waals surface area (Å²) in [7, 11) is 0. The largest absolute Gasteiger partial charge is 0.395 e. The maximum absolute atomic E-state index is 9.21. The van der Waals surface area contributed by atoms with E-state index in [1.165, 1.54) is 14.2 Å². The van der Waals surface area contributed by atoms with Crippen LogP contribution in [0.4, 0.5) is 0 Å². The summed E-state index contributed by atoms with van der Waals surface area (Å²) in [6, 6.07) is 2.40. The molecule has 0 bridgehead atoms. The Bertz CT molecular complexity index is 297. The third-order valence-electron chi connectivity index (χ3n) is 2.36. The number of hydrogen-bond acceptors (Lipinski definition) is 4. The van der Waals surface area contributed by atoms with Gasteiger partial charge in [-0.05, 0) is 52.9 Å². The molecule has 0 aliphatic heterocycles. The molecule has 0 saturated carbocycles. The van der Waals surface area contributed by atoms with Crippen molar-refractivity contribution in [1.29, 1.82) is 0 Å². The Labute approximate surface area is 114 Å². The van der Waals surface area contributed by atoms with Gasteiger partial charge in [0.05, 0.1) is 10.4 Å². The number of hydrogen-bond donors (Lipinski definition) is 2. The van der Waals surface area contributed by atoms with Crippen LogP contribution in [0.15, 0.2) is 9.85 Å². The molecule has 0 aliphatic carbocycles. The summed E-state index contributed by atoms with van der Waals surface area (Å²) in [6.45, 7) is 3.16. The van der Waals surface area contributed by atoms with E-state index in [4.69, 9.17) is 0 Å². The highest BCUT2D eigenvalue weighted by Gasteiger charge is 2.08. The third kappa shape index (κ3) is 4.75. The molecule has 2 nitrogen and oxygen atoms in total. The summed E-state index contributed by atoms with van der Waals surface area (Å²) in [5.41, 5.74) is 1.28. The Morgan fingerprint density at radius 1 is 1.62 bits per heavy atom. The molecule has 1 unspecified atom stereocenters. The minimum absolute atomic E-state index is 0.214. The van der Waals surface area contributed by atoms with Crippen molar-refractivity contribution in [2.75, 3.05) is 18.6 Å². The predicted molar refractivity (Wildman–Crippen MR) is 77.5 cm³/mol. The molecule has 0 fully saturated rings. The van der Waals surface area contributed by atoms with Crippen LogP contribution < -0.4 is 5.32 Å². The normalized spacial score (nSPS) is 13.0. The first-order valence-electron chi connectivity index (χ1n) is 5.25. The first-order valence-corrected chi connectivity index (χ1v) is 8.25. The van der Waals surface area contributed by atoms with Crippen molar-refractivity contribution in [3.05, 3.63) is 20.3 Å². The first-order chi connectivity index (χ1) is 7.67. The van der Waals surface area contributed by atoms with E-state index in [1.807, 2.05) is 11.8 Å². The van der Waals surface area contributed by atoms with Crippen LogP contribution in [0.2, 0.25) is 0 Å². The van der Waals surface area contributed by atoms with E-state index in [2.05, 4.69) is 40.5 Å². The second kappa shape index (κ2) is 7.71. The second-order valence-corrected chi connectivity index (χ2v) is 7.15. The third-order valence-corrected chi connectivity index (χ3v) is 5.14. The van der Waals surface area contributed by atoms with Gasteiger partial charge < -0.3 is 10.4 Å². The Kier molecular flexibility index (Phi) is 7.00. The topological polar surface area (TPSA) is 32.3 Å². The van der Waals surface area contributed by atoms with Gasteiger partial charge in [-0.25, -0.2) is 0 Å². The lowest BCUT2D eigenvalue weighted by atomic mass is 10.2. The van der Waals surface area contributed by atoms with E-state index in [0.29, 0.717) is 0 Å². The molecule has 0 radical (unpaired) electrons. The van der Waals surface area contributed by atoms with Crippen molar-refractivity contribution in [3.63, 3.8) is 0 Å². The van der Waals surface area contributed by atoms with Crippen molar-refractivity contribution in [2.24, 2.45) is 0 Å². The molecule has 1 atom stereocenters. The minimum atomic E-state index is 0.214. The SMILES string of the molecule is CSCCC(CO)NCc1cc(C)c(Br)s1. The molecule has 92 valence electrons. The molecule has 0 aliphatic rings. The average molecular weight is 324 g/mol. The second-order valence-electron chi connectivity index (χ2n) is 3.71. The molecule has 0 amide bonds. The van der Waals surface area contributed by atoms with Gasteiger partial charge in [0.1, 0.15) is 0 Å². The molecular weight excluding hydrogens is 306 g/mol. The fourth-order valence-corrected chi connectivity index (χ4v) is 3.47. The van der Waals surface area contributed by atoms with Crippen LogP contribution in [0.5, 0.6) is 0 Å². The van der Waals surface area contributed by atoms with Crippen LogP contribution in [-0.4, -0.2) is 29.8 Å². The zero-order valence-electron chi connectivity index (χ0n) is 9.62. The van der Waals surface area contributed by atoms with E-state index < -0.39 is 0 Å². The van der Waals surface area contributed by atoms with Crippen molar-refractivity contribution < 1.29 is 5.11 Å². The van der Waals surface area contributed by atoms with Crippen LogP contribution >= 0.6 is 39.0 Å². The van der Waals surface area contributed by atoms with Gasteiger partial charge in [-0.3, -0.25) is 0 Å². The minimum Gasteiger partial charge on any atom is -0.395 e. The number of aliphatic hydroxyl groups excluding tert-OH is 1. The summed E-state index contributed by atoms with van der Waals surface area (Å²) >= 11 is 7.10. The zero-order valence-corrected chi connectivity index (χ0v) is 12.8. The first kappa shape index (κ1) is 14.5. The number of nitrogens with one attached hydrogen (secondary N) is 1. The van der Waals surface area contributed by atoms with E-state index in [1.54, 1.807) is 11.3 Å². The summed E-state index contributed by atoms with van der Waals surface area (Å²) < 4.78 is 1.20. The fraction of sp³-hybridized carbons (Fsp3) is 0.636. The summed E-state index contributed by atoms with van der Waals surface area (Å²) in [4.78, 5) is 1.31. The van der Waals surface area contributed by atoms with Crippen molar-refractivity contribution >= 4 is 39.0 Å². The molecule has 0 saturated heterocycles. The van der Waals surface area contributed by atoms with Crippen molar-refractivity contribution in [1.82, 2.24) is 5.32 Å².